The van der Waals surface area contributed by atoms with Crippen molar-refractivity contribution < 1.29 is 14.8 Å². The molecule has 4 heterocycles. The van der Waals surface area contributed by atoms with E-state index >= 15 is 0 Å². The third-order valence-corrected chi connectivity index (χ3v) is 10.4. The summed E-state index contributed by atoms with van der Waals surface area (Å²) >= 11 is 6.47. The molecule has 0 saturated carbocycles. The number of nitrogens with zero attached hydrogens (tertiary/aromatic N) is 2. The van der Waals surface area contributed by atoms with Gasteiger partial charge in [-0.1, -0.05) is 22.7 Å². The van der Waals surface area contributed by atoms with Crippen LogP contribution >= 0.6 is 45.3 Å². The number of hydrogen-bond acceptors (Lipinski definition) is 5. The van der Waals surface area contributed by atoms with Crippen molar-refractivity contribution in [1.29, 1.82) is 0 Å². The fourth-order valence-electron chi connectivity index (χ4n) is 3.66. The minimum absolute atomic E-state index is 0.349. The van der Waals surface area contributed by atoms with Crippen molar-refractivity contribution in [2.45, 2.75) is 38.5 Å². The molecule has 2 aliphatic rings. The molecule has 0 atom stereocenters. The summed E-state index contributed by atoms with van der Waals surface area (Å²) in [5.41, 5.74) is 0. The van der Waals surface area contributed by atoms with Crippen molar-refractivity contribution in [2.24, 2.45) is 0 Å². The van der Waals surface area contributed by atoms with E-state index in [2.05, 4.69) is 15.4 Å². The highest BCUT2D eigenvalue weighted by Crippen LogP contribution is 2.52. The van der Waals surface area contributed by atoms with Gasteiger partial charge in [0, 0.05) is 25.7 Å². The highest BCUT2D eigenvalue weighted by atomic mass is 32.2. The van der Waals surface area contributed by atoms with Crippen LogP contribution in [0.1, 0.15) is 38.5 Å². The number of aromatic hydroxyl groups is 2. The summed E-state index contributed by atoms with van der Waals surface area (Å²) in [6.07, 6.45) is 9.56. The van der Waals surface area contributed by atoms with Crippen LogP contribution in [0.2, 0.25) is 0 Å². The zero-order chi connectivity index (χ0) is 17.7. The molecule has 1 fully saturated rings. The Balaban J connectivity index is 1.72. The number of piperidine rings is 1. The number of phenols is 2. The van der Waals surface area contributed by atoms with Crippen molar-refractivity contribution in [3.8, 4) is 11.5 Å². The predicted molar refractivity (Wildman–Crippen MR) is 114 cm³/mol. The highest BCUT2D eigenvalue weighted by Gasteiger charge is 2.34. The lowest BCUT2D eigenvalue weighted by atomic mass is 10.2. The van der Waals surface area contributed by atoms with Gasteiger partial charge in [0.1, 0.15) is 22.5 Å². The van der Waals surface area contributed by atoms with Gasteiger partial charge < -0.3 is 10.2 Å². The van der Waals surface area contributed by atoms with Gasteiger partial charge in [-0.25, -0.2) is 4.58 Å². The second kappa shape index (κ2) is 6.82. The summed E-state index contributed by atoms with van der Waals surface area (Å²) < 4.78 is 10.4. The summed E-state index contributed by atoms with van der Waals surface area (Å²) in [5.74, 6) is 0.698. The second-order valence-corrected chi connectivity index (χ2v) is 11.4. The molecule has 0 aliphatic carbocycles. The first-order chi connectivity index (χ1) is 12.7. The molecule has 0 amide bonds. The molecule has 136 valence electrons. The van der Waals surface area contributed by atoms with Crippen LogP contribution in [0.15, 0.2) is 0 Å². The molecule has 2 N–H and O–H groups in total. The molecule has 0 radical (unpaired) electrons. The fraction of sp³-hybridized carbons (Fsp3) is 0.500. The maximum atomic E-state index is 10.9. The predicted octanol–water partition coefficient (Wildman–Crippen LogP) is 4.79. The van der Waals surface area contributed by atoms with Crippen molar-refractivity contribution in [2.75, 3.05) is 19.6 Å². The molecule has 1 saturated heterocycles. The van der Waals surface area contributed by atoms with Crippen molar-refractivity contribution in [3.05, 3.63) is 3.98 Å². The largest absolute Gasteiger partial charge is 0.516 e. The number of hydrogen-bond donors (Lipinski definition) is 2. The second-order valence-electron chi connectivity index (χ2n) is 6.87. The van der Waals surface area contributed by atoms with E-state index in [1.54, 1.807) is 45.3 Å². The van der Waals surface area contributed by atoms with Crippen molar-refractivity contribution in [1.82, 2.24) is 4.58 Å². The molecule has 2 aliphatic heterocycles. The van der Waals surface area contributed by atoms with Crippen LogP contribution in [0.4, 0.5) is 4.31 Å². The summed E-state index contributed by atoms with van der Waals surface area (Å²) in [6.45, 7) is 3.19. The Hall–Kier alpha value is -1.09. The molecule has 8 heteroatoms. The Morgan fingerprint density at radius 3 is 2.27 bits per heavy atom. The lowest BCUT2D eigenvalue weighted by molar-refractivity contribution is -0.433. The van der Waals surface area contributed by atoms with Gasteiger partial charge in [0.25, 0.3) is 0 Å². The summed E-state index contributed by atoms with van der Waals surface area (Å²) in [7, 11) is 0. The van der Waals surface area contributed by atoms with Crippen LogP contribution in [-0.4, -0.2) is 40.6 Å². The van der Waals surface area contributed by atoms with Crippen molar-refractivity contribution >= 4 is 74.7 Å². The van der Waals surface area contributed by atoms with E-state index in [1.807, 2.05) is 0 Å². The Kier molecular flexibility index (Phi) is 4.47. The first-order valence-corrected chi connectivity index (χ1v) is 12.4. The van der Waals surface area contributed by atoms with Gasteiger partial charge in [-0.05, 0) is 12.8 Å². The average Bonchev–Trinajstić information content (AvgIpc) is 3.33. The van der Waals surface area contributed by atoms with Crippen LogP contribution in [0.3, 0.4) is 0 Å². The SMILES string of the molecule is Oc1c2sc(=[N+]3CCCCC3)sc2c(O)c2[s+]c([N+]3=CCCCC3)sc12. The molecule has 26 heavy (non-hydrogen) atoms. The zero-order valence-corrected chi connectivity index (χ0v) is 17.6. The van der Waals surface area contributed by atoms with Gasteiger partial charge in [0.15, 0.2) is 46.9 Å². The quantitative estimate of drug-likeness (QED) is 0.335. The number of fused-ring (bicyclic) bond motifs is 2. The minimum atomic E-state index is 0.349. The molecule has 0 bridgehead atoms. The van der Waals surface area contributed by atoms with Crippen molar-refractivity contribution in [3.63, 3.8) is 0 Å². The maximum absolute atomic E-state index is 10.9. The highest BCUT2D eigenvalue weighted by molar-refractivity contribution is 7.44. The van der Waals surface area contributed by atoms with Gasteiger partial charge in [0.05, 0.1) is 0 Å². The third-order valence-electron chi connectivity index (χ3n) is 5.08. The molecule has 0 spiro atoms. The number of benzene rings is 1. The Morgan fingerprint density at radius 1 is 0.808 bits per heavy atom. The maximum Gasteiger partial charge on any atom is 0.516 e. The van der Waals surface area contributed by atoms with E-state index in [0.29, 0.717) is 11.5 Å². The third kappa shape index (κ3) is 2.78. The normalized spacial score (nSPS) is 18.6. The number of rotatable bonds is 1. The molecule has 3 aromatic rings. The van der Waals surface area contributed by atoms with E-state index in [1.165, 1.54) is 36.1 Å². The van der Waals surface area contributed by atoms with E-state index in [4.69, 9.17) is 0 Å². The number of phenolic OH excluding ortho intramolecular Hbond substituents is 2. The van der Waals surface area contributed by atoms with Crippen LogP contribution in [0, 0.1) is 0 Å². The molecular weight excluding hydrogens is 404 g/mol. The van der Waals surface area contributed by atoms with Crippen LogP contribution in [-0.2, 0) is 0 Å². The van der Waals surface area contributed by atoms with E-state index in [9.17, 15) is 10.2 Å². The standard InChI is InChI=1S/C18H19N2O2S4/c21-11-13-14(24-17(23-13)19-7-3-1-4-8-19)12(22)16-15(11)25-18(26-16)20-9-5-2-6-10-20/h7H,1-6,8-10H2/q+1/p+2. The lowest BCUT2D eigenvalue weighted by Crippen LogP contribution is -2.31. The summed E-state index contributed by atoms with van der Waals surface area (Å²) in [5, 5.41) is 21.9. The van der Waals surface area contributed by atoms with E-state index in [-0.39, 0.29) is 0 Å². The smallest absolute Gasteiger partial charge is 0.503 e. The average molecular weight is 426 g/mol. The monoisotopic (exact) mass is 425 g/mol. The Labute approximate surface area is 167 Å². The van der Waals surface area contributed by atoms with Gasteiger partial charge in [-0.2, -0.15) is 0 Å². The molecular formula is C18H21N2O2S4+3. The van der Waals surface area contributed by atoms with E-state index in [0.717, 1.165) is 49.2 Å². The first-order valence-electron chi connectivity index (χ1n) is 9.14. The molecule has 4 nitrogen and oxygen atoms in total. The topological polar surface area (TPSA) is 46.5 Å². The van der Waals surface area contributed by atoms with Gasteiger partial charge in [-0.15, -0.1) is 4.58 Å². The zero-order valence-electron chi connectivity index (χ0n) is 14.4. The molecule has 1 aromatic carbocycles. The van der Waals surface area contributed by atoms with E-state index < -0.39 is 0 Å². The summed E-state index contributed by atoms with van der Waals surface area (Å²) in [6, 6.07) is 0. The molecule has 2 aromatic heterocycles. The van der Waals surface area contributed by atoms with Gasteiger partial charge in [-0.3, -0.25) is 0 Å². The Bertz CT molecular complexity index is 1040. The fourth-order valence-corrected chi connectivity index (χ4v) is 9.06. The first kappa shape index (κ1) is 17.0. The van der Waals surface area contributed by atoms with Crippen LogP contribution in [0.5, 0.6) is 11.5 Å². The lowest BCUT2D eigenvalue weighted by Gasteiger charge is -2.07. The van der Waals surface area contributed by atoms with Crippen LogP contribution < -0.4 is 8.56 Å². The minimum Gasteiger partial charge on any atom is -0.503 e. The molecule has 5 rings (SSSR count). The van der Waals surface area contributed by atoms with Gasteiger partial charge >= 0.3 is 8.30 Å². The van der Waals surface area contributed by atoms with Crippen LogP contribution in [0.25, 0.3) is 18.8 Å². The van der Waals surface area contributed by atoms with Gasteiger partial charge in [0.2, 0.25) is 9.40 Å². The Morgan fingerprint density at radius 2 is 1.54 bits per heavy atom. The molecule has 0 unspecified atom stereocenters. The summed E-state index contributed by atoms with van der Waals surface area (Å²) in [4.78, 5) is 0.